The number of fused-ring (bicyclic) bond motifs is 1. The highest BCUT2D eigenvalue weighted by Gasteiger charge is 2.34. The molecule has 1 aromatic carbocycles. The van der Waals surface area contributed by atoms with Gasteiger partial charge in [-0.25, -0.2) is 0 Å². The first-order valence-electron chi connectivity index (χ1n) is 10.1. The predicted octanol–water partition coefficient (Wildman–Crippen LogP) is 3.31. The fourth-order valence-corrected chi connectivity index (χ4v) is 4.27. The molecule has 1 fully saturated rings. The van der Waals surface area contributed by atoms with Gasteiger partial charge in [-0.3, -0.25) is 4.79 Å². The fraction of sp³-hybridized carbons (Fsp3) is 0.571. The van der Waals surface area contributed by atoms with Crippen LogP contribution in [-0.2, 0) is 24.2 Å². The Bertz CT molecular complexity index is 784. The van der Waals surface area contributed by atoms with E-state index in [2.05, 4.69) is 14.8 Å². The van der Waals surface area contributed by atoms with Crippen molar-refractivity contribution in [1.29, 1.82) is 0 Å². The van der Waals surface area contributed by atoms with Crippen molar-refractivity contribution in [1.82, 2.24) is 19.7 Å². The number of amides is 1. The summed E-state index contributed by atoms with van der Waals surface area (Å²) in [5, 5.41) is 8.92. The minimum absolute atomic E-state index is 0.0905. The third-order valence-corrected chi connectivity index (χ3v) is 5.80. The van der Waals surface area contributed by atoms with Crippen molar-refractivity contribution in [3.8, 4) is 5.75 Å². The van der Waals surface area contributed by atoms with Crippen molar-refractivity contribution in [2.24, 2.45) is 0 Å². The number of methoxy groups -OCH3 is 1. The van der Waals surface area contributed by atoms with Gasteiger partial charge in [-0.2, -0.15) is 0 Å². The van der Waals surface area contributed by atoms with Crippen LogP contribution in [0.4, 0.5) is 0 Å². The molecule has 1 amide bonds. The average Bonchev–Trinajstić information content (AvgIpc) is 3.27. The molecule has 0 aliphatic carbocycles. The molecule has 27 heavy (non-hydrogen) atoms. The minimum atomic E-state index is 0.0905. The molecule has 3 heterocycles. The molecule has 0 radical (unpaired) electrons. The molecule has 1 atom stereocenters. The van der Waals surface area contributed by atoms with E-state index in [1.54, 1.807) is 7.11 Å². The second-order valence-electron chi connectivity index (χ2n) is 7.53. The van der Waals surface area contributed by atoms with Crippen LogP contribution in [0.25, 0.3) is 0 Å². The number of nitrogens with zero attached hydrogens (tertiary/aromatic N) is 4. The molecule has 1 saturated heterocycles. The first-order chi connectivity index (χ1) is 13.3. The van der Waals surface area contributed by atoms with Crippen LogP contribution in [0.5, 0.6) is 5.75 Å². The van der Waals surface area contributed by atoms with E-state index in [1.165, 1.54) is 19.3 Å². The molecule has 1 aromatic heterocycles. The zero-order chi connectivity index (χ0) is 18.6. The molecule has 4 rings (SSSR count). The van der Waals surface area contributed by atoms with Crippen LogP contribution in [0.15, 0.2) is 24.3 Å². The van der Waals surface area contributed by atoms with E-state index in [4.69, 9.17) is 4.74 Å². The summed E-state index contributed by atoms with van der Waals surface area (Å²) in [5.74, 6) is 3.17. The van der Waals surface area contributed by atoms with Gasteiger partial charge in [0.15, 0.2) is 5.82 Å². The third-order valence-electron chi connectivity index (χ3n) is 5.80. The molecule has 144 valence electrons. The maximum Gasteiger partial charge on any atom is 0.223 e. The fourth-order valence-electron chi connectivity index (χ4n) is 4.27. The number of ether oxygens (including phenoxy) is 1. The van der Waals surface area contributed by atoms with Gasteiger partial charge in [-0.15, -0.1) is 10.2 Å². The van der Waals surface area contributed by atoms with Crippen LogP contribution < -0.4 is 4.74 Å². The van der Waals surface area contributed by atoms with Crippen LogP contribution in [0.2, 0.25) is 0 Å². The smallest absolute Gasteiger partial charge is 0.223 e. The Kier molecular flexibility index (Phi) is 5.41. The summed E-state index contributed by atoms with van der Waals surface area (Å²) in [4.78, 5) is 15.0. The van der Waals surface area contributed by atoms with Crippen molar-refractivity contribution < 1.29 is 9.53 Å². The van der Waals surface area contributed by atoms with Crippen molar-refractivity contribution in [3.05, 3.63) is 41.5 Å². The highest BCUT2D eigenvalue weighted by molar-refractivity contribution is 5.77. The minimum Gasteiger partial charge on any atom is -0.497 e. The number of rotatable bonds is 5. The van der Waals surface area contributed by atoms with Gasteiger partial charge in [-0.05, 0) is 49.8 Å². The molecular weight excluding hydrogens is 340 g/mol. The highest BCUT2D eigenvalue weighted by Crippen LogP contribution is 2.33. The van der Waals surface area contributed by atoms with E-state index in [-0.39, 0.29) is 11.9 Å². The van der Waals surface area contributed by atoms with E-state index >= 15 is 0 Å². The number of hydrogen-bond acceptors (Lipinski definition) is 4. The molecule has 2 aromatic rings. The maximum absolute atomic E-state index is 12.9. The van der Waals surface area contributed by atoms with Crippen molar-refractivity contribution in [2.75, 3.05) is 13.7 Å². The Hall–Kier alpha value is -2.37. The largest absolute Gasteiger partial charge is 0.497 e. The summed E-state index contributed by atoms with van der Waals surface area (Å²) < 4.78 is 7.48. The number of carbonyl (C=O) groups is 1. The molecule has 0 N–H and O–H groups in total. The molecule has 0 unspecified atom stereocenters. The normalized spacial score (nSPS) is 19.6. The van der Waals surface area contributed by atoms with Gasteiger partial charge >= 0.3 is 0 Å². The lowest BCUT2D eigenvalue weighted by Crippen LogP contribution is -2.32. The van der Waals surface area contributed by atoms with Gasteiger partial charge in [0.25, 0.3) is 0 Å². The Morgan fingerprint density at radius 2 is 1.96 bits per heavy atom. The highest BCUT2D eigenvalue weighted by atomic mass is 16.5. The Morgan fingerprint density at radius 3 is 2.78 bits per heavy atom. The van der Waals surface area contributed by atoms with Crippen LogP contribution in [-0.4, -0.2) is 39.2 Å². The quantitative estimate of drug-likeness (QED) is 0.812. The summed E-state index contributed by atoms with van der Waals surface area (Å²) in [5.41, 5.74) is 1.16. The zero-order valence-electron chi connectivity index (χ0n) is 16.1. The van der Waals surface area contributed by atoms with E-state index in [1.807, 2.05) is 29.2 Å². The van der Waals surface area contributed by atoms with Gasteiger partial charge in [0.05, 0.1) is 13.2 Å². The van der Waals surface area contributed by atoms with Crippen molar-refractivity contribution in [3.63, 3.8) is 0 Å². The number of aromatic nitrogens is 3. The second kappa shape index (κ2) is 8.11. The molecule has 0 bridgehead atoms. The Balaban J connectivity index is 1.43. The summed E-state index contributed by atoms with van der Waals surface area (Å²) in [7, 11) is 1.66. The first-order valence-corrected chi connectivity index (χ1v) is 10.1. The summed E-state index contributed by atoms with van der Waals surface area (Å²) in [6, 6.07) is 8.05. The van der Waals surface area contributed by atoms with Gasteiger partial charge in [0.2, 0.25) is 5.91 Å². The van der Waals surface area contributed by atoms with Crippen LogP contribution in [0.3, 0.4) is 0 Å². The molecule has 0 spiro atoms. The van der Waals surface area contributed by atoms with E-state index in [0.717, 1.165) is 61.7 Å². The van der Waals surface area contributed by atoms with Crippen molar-refractivity contribution in [2.45, 2.75) is 64.0 Å². The number of carbonyl (C=O) groups excluding carboxylic acids is 1. The van der Waals surface area contributed by atoms with Crippen LogP contribution in [0, 0.1) is 0 Å². The molecule has 6 nitrogen and oxygen atoms in total. The summed E-state index contributed by atoms with van der Waals surface area (Å²) >= 11 is 0. The second-order valence-corrected chi connectivity index (χ2v) is 7.53. The average molecular weight is 368 g/mol. The lowest BCUT2D eigenvalue weighted by Gasteiger charge is -2.25. The van der Waals surface area contributed by atoms with Gasteiger partial charge in [-0.1, -0.05) is 18.6 Å². The standard InChI is InChI=1S/C21H28N4O2/c1-27-17-11-8-16(9-12-17)10-13-20(26)24-15-5-6-18(24)21-23-22-19-7-3-2-4-14-25(19)21/h8-9,11-12,18H,2-7,10,13-15H2,1H3/t18-/m1/s1. The SMILES string of the molecule is COc1ccc(CCC(=O)N2CCC[C@@H]2c2nnc3n2CCCCC3)cc1. The summed E-state index contributed by atoms with van der Waals surface area (Å²) in [6.07, 6.45) is 7.94. The Morgan fingerprint density at radius 1 is 1.11 bits per heavy atom. The number of hydrogen-bond donors (Lipinski definition) is 0. The molecule has 2 aliphatic rings. The first kappa shape index (κ1) is 18.0. The molecule has 6 heteroatoms. The number of benzene rings is 1. The Labute approximate surface area is 160 Å². The number of aryl methyl sites for hydroxylation is 2. The van der Waals surface area contributed by atoms with Crippen LogP contribution >= 0.6 is 0 Å². The monoisotopic (exact) mass is 368 g/mol. The number of likely N-dealkylation sites (tertiary alicyclic amines) is 1. The zero-order valence-corrected chi connectivity index (χ0v) is 16.1. The molecule has 0 saturated carbocycles. The van der Waals surface area contributed by atoms with Gasteiger partial charge in [0.1, 0.15) is 11.6 Å². The van der Waals surface area contributed by atoms with E-state index in [0.29, 0.717) is 6.42 Å². The van der Waals surface area contributed by atoms with E-state index in [9.17, 15) is 4.79 Å². The topological polar surface area (TPSA) is 60.2 Å². The predicted molar refractivity (Wildman–Crippen MR) is 103 cm³/mol. The lowest BCUT2D eigenvalue weighted by atomic mass is 10.1. The maximum atomic E-state index is 12.9. The third kappa shape index (κ3) is 3.84. The summed E-state index contributed by atoms with van der Waals surface area (Å²) in [6.45, 7) is 1.82. The molecular formula is C21H28N4O2. The van der Waals surface area contributed by atoms with E-state index < -0.39 is 0 Å². The van der Waals surface area contributed by atoms with Gasteiger partial charge < -0.3 is 14.2 Å². The van der Waals surface area contributed by atoms with Crippen molar-refractivity contribution >= 4 is 5.91 Å². The van der Waals surface area contributed by atoms with Crippen LogP contribution in [0.1, 0.15) is 61.8 Å². The molecule has 2 aliphatic heterocycles. The van der Waals surface area contributed by atoms with Gasteiger partial charge in [0, 0.05) is 25.9 Å². The lowest BCUT2D eigenvalue weighted by molar-refractivity contribution is -0.132.